The predicted molar refractivity (Wildman–Crippen MR) is 114 cm³/mol. The zero-order chi connectivity index (χ0) is 22.2. The molecule has 8 heteroatoms. The first-order valence-corrected chi connectivity index (χ1v) is 10.1. The second-order valence-electron chi connectivity index (χ2n) is 7.34. The lowest BCUT2D eigenvalue weighted by Crippen LogP contribution is -2.48. The quantitative estimate of drug-likeness (QED) is 0.568. The van der Waals surface area contributed by atoms with Gasteiger partial charge in [0.05, 0.1) is 18.9 Å². The predicted octanol–water partition coefficient (Wildman–Crippen LogP) is 2.30. The Balaban J connectivity index is 1.80. The van der Waals surface area contributed by atoms with E-state index >= 15 is 0 Å². The first kappa shape index (κ1) is 20.6. The Bertz CT molecular complexity index is 1060. The largest absolute Gasteiger partial charge is 0.494 e. The van der Waals surface area contributed by atoms with Crippen LogP contribution in [-0.2, 0) is 24.7 Å². The maximum atomic E-state index is 13.7. The van der Waals surface area contributed by atoms with Crippen LogP contribution in [0.4, 0.5) is 5.69 Å². The normalized spacial score (nSPS) is 22.1. The van der Waals surface area contributed by atoms with E-state index in [1.54, 1.807) is 43.3 Å². The van der Waals surface area contributed by atoms with E-state index in [1.807, 2.05) is 26.0 Å². The standard InChI is InChI=1S/C23H23N3O5/c1-4-30-17-12-10-16(11-13-17)26-20(27)18-19(21(28)31-5-2)24-25-23(18,22(26)29)15-8-6-14(3)7-9-15/h6-13,18,25H,4-5H2,1-3H3/t18-,23+/m0/s1. The Hall–Kier alpha value is -3.68. The maximum absolute atomic E-state index is 13.7. The van der Waals surface area contributed by atoms with Gasteiger partial charge in [0.25, 0.3) is 5.91 Å². The van der Waals surface area contributed by atoms with Crippen molar-refractivity contribution in [2.24, 2.45) is 11.0 Å². The molecule has 0 aromatic heterocycles. The molecule has 1 N–H and O–H groups in total. The number of benzene rings is 2. The summed E-state index contributed by atoms with van der Waals surface area (Å²) in [5.74, 6) is -2.26. The number of nitrogens with zero attached hydrogens (tertiary/aromatic N) is 2. The van der Waals surface area contributed by atoms with Gasteiger partial charge in [0, 0.05) is 0 Å². The summed E-state index contributed by atoms with van der Waals surface area (Å²) in [5.41, 5.74) is 3.16. The number of esters is 1. The van der Waals surface area contributed by atoms with Crippen molar-refractivity contribution in [3.05, 3.63) is 59.7 Å². The molecule has 0 aliphatic carbocycles. The molecule has 2 aromatic rings. The average Bonchev–Trinajstić information content (AvgIpc) is 3.26. The number of ether oxygens (including phenoxy) is 2. The summed E-state index contributed by atoms with van der Waals surface area (Å²) < 4.78 is 10.5. The monoisotopic (exact) mass is 421 g/mol. The number of carbonyl (C=O) groups excluding carboxylic acids is 3. The van der Waals surface area contributed by atoms with E-state index in [1.165, 1.54) is 0 Å². The van der Waals surface area contributed by atoms with Gasteiger partial charge in [-0.1, -0.05) is 29.8 Å². The lowest BCUT2D eigenvalue weighted by molar-refractivity contribution is -0.136. The molecule has 8 nitrogen and oxygen atoms in total. The smallest absolute Gasteiger partial charge is 0.355 e. The van der Waals surface area contributed by atoms with E-state index in [0.29, 0.717) is 23.6 Å². The Labute approximate surface area is 179 Å². The number of carbonyl (C=O) groups is 3. The molecule has 0 unspecified atom stereocenters. The van der Waals surface area contributed by atoms with Gasteiger partial charge in [-0.2, -0.15) is 5.10 Å². The number of hydrogen-bond donors (Lipinski definition) is 1. The van der Waals surface area contributed by atoms with Gasteiger partial charge in [0.1, 0.15) is 11.7 Å². The third kappa shape index (κ3) is 3.15. The van der Waals surface area contributed by atoms with Crippen LogP contribution in [0.15, 0.2) is 53.6 Å². The first-order valence-electron chi connectivity index (χ1n) is 10.1. The summed E-state index contributed by atoms with van der Waals surface area (Å²) in [6.07, 6.45) is 0. The minimum Gasteiger partial charge on any atom is -0.494 e. The van der Waals surface area contributed by atoms with E-state index in [0.717, 1.165) is 10.5 Å². The topological polar surface area (TPSA) is 97.3 Å². The SMILES string of the molecule is CCOC(=O)C1=NN[C@@]2(c3ccc(C)cc3)C(=O)N(c3ccc(OCC)cc3)C(=O)[C@H]12. The number of anilines is 1. The number of hydrazone groups is 1. The molecule has 0 bridgehead atoms. The van der Waals surface area contributed by atoms with Crippen LogP contribution in [0.25, 0.3) is 0 Å². The third-order valence-electron chi connectivity index (χ3n) is 5.46. The molecule has 2 atom stereocenters. The zero-order valence-corrected chi connectivity index (χ0v) is 17.5. The number of imide groups is 1. The number of amides is 2. The van der Waals surface area contributed by atoms with Gasteiger partial charge in [-0.15, -0.1) is 0 Å². The second-order valence-corrected chi connectivity index (χ2v) is 7.34. The lowest BCUT2D eigenvalue weighted by atomic mass is 9.78. The molecule has 2 aliphatic heterocycles. The number of rotatable bonds is 6. The number of hydrogen-bond acceptors (Lipinski definition) is 7. The van der Waals surface area contributed by atoms with Crippen molar-refractivity contribution in [2.45, 2.75) is 26.3 Å². The van der Waals surface area contributed by atoms with E-state index < -0.39 is 29.2 Å². The number of aryl methyl sites for hydroxylation is 1. The average molecular weight is 421 g/mol. The van der Waals surface area contributed by atoms with Crippen molar-refractivity contribution in [1.29, 1.82) is 0 Å². The Morgan fingerprint density at radius 2 is 1.74 bits per heavy atom. The van der Waals surface area contributed by atoms with Crippen molar-refractivity contribution in [1.82, 2.24) is 5.43 Å². The molecular formula is C23H23N3O5. The summed E-state index contributed by atoms with van der Waals surface area (Å²) in [5, 5.41) is 4.08. The van der Waals surface area contributed by atoms with Crippen molar-refractivity contribution < 1.29 is 23.9 Å². The minimum absolute atomic E-state index is 0.103. The van der Waals surface area contributed by atoms with E-state index in [9.17, 15) is 14.4 Å². The molecule has 0 spiro atoms. The molecule has 31 heavy (non-hydrogen) atoms. The van der Waals surface area contributed by atoms with Gasteiger partial charge in [-0.3, -0.25) is 15.0 Å². The van der Waals surface area contributed by atoms with Gasteiger partial charge in [0.15, 0.2) is 11.3 Å². The third-order valence-corrected chi connectivity index (χ3v) is 5.46. The second kappa shape index (κ2) is 7.86. The van der Waals surface area contributed by atoms with Gasteiger partial charge in [-0.25, -0.2) is 9.69 Å². The van der Waals surface area contributed by atoms with Gasteiger partial charge < -0.3 is 9.47 Å². The fourth-order valence-electron chi connectivity index (χ4n) is 4.00. The highest BCUT2D eigenvalue weighted by Crippen LogP contribution is 2.45. The summed E-state index contributed by atoms with van der Waals surface area (Å²) in [6, 6.07) is 13.9. The highest BCUT2D eigenvalue weighted by Gasteiger charge is 2.67. The molecule has 4 rings (SSSR count). The minimum atomic E-state index is -1.51. The van der Waals surface area contributed by atoms with Crippen LogP contribution in [-0.4, -0.2) is 36.7 Å². The van der Waals surface area contributed by atoms with Crippen LogP contribution in [0, 0.1) is 12.8 Å². The van der Waals surface area contributed by atoms with Crippen molar-refractivity contribution in [3.63, 3.8) is 0 Å². The molecule has 2 heterocycles. The molecule has 2 amide bonds. The molecule has 0 radical (unpaired) electrons. The Morgan fingerprint density at radius 3 is 2.35 bits per heavy atom. The van der Waals surface area contributed by atoms with Gasteiger partial charge in [0.2, 0.25) is 5.91 Å². The molecule has 160 valence electrons. The summed E-state index contributed by atoms with van der Waals surface area (Å²) in [6.45, 7) is 6.10. The highest BCUT2D eigenvalue weighted by atomic mass is 16.5. The van der Waals surface area contributed by atoms with E-state index in [4.69, 9.17) is 9.47 Å². The van der Waals surface area contributed by atoms with Crippen LogP contribution in [0.2, 0.25) is 0 Å². The zero-order valence-electron chi connectivity index (χ0n) is 17.5. The summed E-state index contributed by atoms with van der Waals surface area (Å²) >= 11 is 0. The van der Waals surface area contributed by atoms with Crippen molar-refractivity contribution in [3.8, 4) is 5.75 Å². The Morgan fingerprint density at radius 1 is 1.06 bits per heavy atom. The van der Waals surface area contributed by atoms with Gasteiger partial charge in [-0.05, 0) is 50.6 Å². The highest BCUT2D eigenvalue weighted by molar-refractivity contribution is 6.47. The van der Waals surface area contributed by atoms with Crippen LogP contribution in [0.5, 0.6) is 5.75 Å². The van der Waals surface area contributed by atoms with Gasteiger partial charge >= 0.3 is 5.97 Å². The molecule has 0 saturated carbocycles. The fraction of sp³-hybridized carbons (Fsp3) is 0.304. The number of fused-ring (bicyclic) bond motifs is 1. The van der Waals surface area contributed by atoms with Crippen LogP contribution < -0.4 is 15.1 Å². The Kier molecular flexibility index (Phi) is 5.22. The van der Waals surface area contributed by atoms with Crippen LogP contribution >= 0.6 is 0 Å². The fourth-order valence-corrected chi connectivity index (χ4v) is 4.00. The molecular weight excluding hydrogens is 398 g/mol. The summed E-state index contributed by atoms with van der Waals surface area (Å²) in [7, 11) is 0. The van der Waals surface area contributed by atoms with Crippen molar-refractivity contribution >= 4 is 29.2 Å². The van der Waals surface area contributed by atoms with Crippen molar-refractivity contribution in [2.75, 3.05) is 18.1 Å². The van der Waals surface area contributed by atoms with Crippen LogP contribution in [0.1, 0.15) is 25.0 Å². The summed E-state index contributed by atoms with van der Waals surface area (Å²) in [4.78, 5) is 40.9. The van der Waals surface area contributed by atoms with Crippen LogP contribution in [0.3, 0.4) is 0 Å². The first-order chi connectivity index (χ1) is 14.9. The molecule has 1 saturated heterocycles. The molecule has 2 aromatic carbocycles. The maximum Gasteiger partial charge on any atom is 0.355 e. The molecule has 1 fully saturated rings. The van der Waals surface area contributed by atoms with E-state index in [2.05, 4.69) is 10.5 Å². The molecule has 2 aliphatic rings. The number of nitrogens with one attached hydrogen (secondary N) is 1. The lowest BCUT2D eigenvalue weighted by Gasteiger charge is -2.26. The van der Waals surface area contributed by atoms with E-state index in [-0.39, 0.29) is 12.3 Å².